The van der Waals surface area contributed by atoms with Crippen molar-refractivity contribution in [2.45, 2.75) is 4.21 Å². The SMILES string of the molecule is O=C(c1nc(Cl)ccc1Cl)N1CCN(S(=O)(=O)c2ccc(Cl)s2)CC1. The second-order valence-electron chi connectivity index (χ2n) is 5.22. The lowest BCUT2D eigenvalue weighted by atomic mass is 10.3. The van der Waals surface area contributed by atoms with E-state index in [2.05, 4.69) is 4.98 Å². The summed E-state index contributed by atoms with van der Waals surface area (Å²) in [4.78, 5) is 18.0. The minimum atomic E-state index is -3.60. The fourth-order valence-electron chi connectivity index (χ4n) is 2.41. The lowest BCUT2D eigenvalue weighted by molar-refractivity contribution is 0.0692. The molecular formula is C14H12Cl3N3O3S2. The Bertz CT molecular complexity index is 909. The van der Waals surface area contributed by atoms with E-state index >= 15 is 0 Å². The van der Waals surface area contributed by atoms with Crippen LogP contribution in [0.5, 0.6) is 0 Å². The molecule has 1 amide bonds. The summed E-state index contributed by atoms with van der Waals surface area (Å²) in [6.45, 7) is 0.840. The van der Waals surface area contributed by atoms with E-state index in [9.17, 15) is 13.2 Å². The zero-order valence-electron chi connectivity index (χ0n) is 12.7. The van der Waals surface area contributed by atoms with Crippen molar-refractivity contribution in [3.05, 3.63) is 44.5 Å². The molecule has 1 aliphatic rings. The number of carbonyl (C=O) groups is 1. The number of rotatable bonds is 3. The Morgan fingerprint density at radius 2 is 1.72 bits per heavy atom. The van der Waals surface area contributed by atoms with Crippen LogP contribution in [0.25, 0.3) is 0 Å². The van der Waals surface area contributed by atoms with Crippen LogP contribution in [0, 0.1) is 0 Å². The van der Waals surface area contributed by atoms with E-state index in [-0.39, 0.29) is 52.2 Å². The van der Waals surface area contributed by atoms with Gasteiger partial charge in [0.2, 0.25) is 0 Å². The van der Waals surface area contributed by atoms with E-state index in [0.29, 0.717) is 4.34 Å². The first-order valence-corrected chi connectivity index (χ1v) is 10.5. The van der Waals surface area contributed by atoms with Crippen LogP contribution in [-0.2, 0) is 10.0 Å². The Morgan fingerprint density at radius 3 is 2.32 bits per heavy atom. The summed E-state index contributed by atoms with van der Waals surface area (Å²) in [6.07, 6.45) is 0. The average molecular weight is 441 g/mol. The molecule has 0 aliphatic carbocycles. The van der Waals surface area contributed by atoms with Crippen LogP contribution in [0.1, 0.15) is 10.5 Å². The number of thiophene rings is 1. The zero-order valence-corrected chi connectivity index (χ0v) is 16.6. The van der Waals surface area contributed by atoms with Gasteiger partial charge in [0.25, 0.3) is 15.9 Å². The van der Waals surface area contributed by atoms with Gasteiger partial charge in [-0.15, -0.1) is 11.3 Å². The highest BCUT2D eigenvalue weighted by molar-refractivity contribution is 7.91. The highest BCUT2D eigenvalue weighted by Crippen LogP contribution is 2.29. The van der Waals surface area contributed by atoms with Gasteiger partial charge in [-0.2, -0.15) is 4.31 Å². The van der Waals surface area contributed by atoms with Crippen LogP contribution in [0.2, 0.25) is 14.5 Å². The second-order valence-corrected chi connectivity index (χ2v) is 9.89. The molecule has 2 aromatic rings. The van der Waals surface area contributed by atoms with Crippen molar-refractivity contribution in [2.24, 2.45) is 0 Å². The summed E-state index contributed by atoms with van der Waals surface area (Å²) in [7, 11) is -3.60. The molecule has 2 aromatic heterocycles. The van der Waals surface area contributed by atoms with Crippen molar-refractivity contribution in [1.29, 1.82) is 0 Å². The third-order valence-electron chi connectivity index (χ3n) is 3.68. The Kier molecular flexibility index (Phi) is 5.57. The molecule has 0 aromatic carbocycles. The van der Waals surface area contributed by atoms with Crippen molar-refractivity contribution >= 4 is 62.1 Å². The Labute approximate surface area is 164 Å². The van der Waals surface area contributed by atoms with Crippen molar-refractivity contribution in [2.75, 3.05) is 26.2 Å². The fourth-order valence-corrected chi connectivity index (χ4v) is 5.81. The summed E-state index contributed by atoms with van der Waals surface area (Å²) < 4.78 is 27.1. The van der Waals surface area contributed by atoms with Crippen molar-refractivity contribution < 1.29 is 13.2 Å². The smallest absolute Gasteiger partial charge is 0.274 e. The number of piperazine rings is 1. The molecular weight excluding hydrogens is 429 g/mol. The Balaban J connectivity index is 1.71. The van der Waals surface area contributed by atoms with Gasteiger partial charge < -0.3 is 4.90 Å². The first-order chi connectivity index (χ1) is 11.8. The molecule has 3 rings (SSSR count). The molecule has 3 heterocycles. The van der Waals surface area contributed by atoms with Gasteiger partial charge in [-0.1, -0.05) is 34.8 Å². The first-order valence-electron chi connectivity index (χ1n) is 7.16. The number of aromatic nitrogens is 1. The molecule has 0 atom stereocenters. The maximum absolute atomic E-state index is 12.6. The third kappa shape index (κ3) is 3.94. The van der Waals surface area contributed by atoms with Crippen LogP contribution < -0.4 is 0 Å². The predicted molar refractivity (Wildman–Crippen MR) is 98.2 cm³/mol. The van der Waals surface area contributed by atoms with Gasteiger partial charge >= 0.3 is 0 Å². The van der Waals surface area contributed by atoms with Gasteiger partial charge in [0.1, 0.15) is 15.1 Å². The molecule has 6 nitrogen and oxygen atoms in total. The number of carbonyl (C=O) groups excluding carboxylic acids is 1. The monoisotopic (exact) mass is 439 g/mol. The van der Waals surface area contributed by atoms with E-state index in [1.165, 1.54) is 27.4 Å². The van der Waals surface area contributed by atoms with Crippen LogP contribution >= 0.6 is 46.1 Å². The maximum atomic E-state index is 12.6. The molecule has 0 saturated carbocycles. The van der Waals surface area contributed by atoms with E-state index in [0.717, 1.165) is 11.3 Å². The Hall–Kier alpha value is -0.900. The average Bonchev–Trinajstić information content (AvgIpc) is 3.04. The molecule has 0 N–H and O–H groups in total. The van der Waals surface area contributed by atoms with Crippen LogP contribution in [0.3, 0.4) is 0 Å². The Morgan fingerprint density at radius 1 is 1.04 bits per heavy atom. The van der Waals surface area contributed by atoms with Crippen LogP contribution in [0.4, 0.5) is 0 Å². The fraction of sp³-hybridized carbons (Fsp3) is 0.286. The molecule has 0 bridgehead atoms. The minimum absolute atomic E-state index is 0.0653. The number of amides is 1. The predicted octanol–water partition coefficient (Wildman–Crippen LogP) is 3.25. The summed E-state index contributed by atoms with van der Waals surface area (Å²) in [5.74, 6) is -0.372. The number of pyridine rings is 1. The summed E-state index contributed by atoms with van der Waals surface area (Å²) in [5, 5.41) is 0.376. The lowest BCUT2D eigenvalue weighted by Gasteiger charge is -2.33. The first kappa shape index (κ1) is 18.9. The molecule has 0 spiro atoms. The number of nitrogens with zero attached hydrogens (tertiary/aromatic N) is 3. The maximum Gasteiger partial charge on any atom is 0.274 e. The molecule has 1 fully saturated rings. The van der Waals surface area contributed by atoms with E-state index in [1.807, 2.05) is 0 Å². The lowest BCUT2D eigenvalue weighted by Crippen LogP contribution is -2.50. The molecule has 134 valence electrons. The van der Waals surface area contributed by atoms with E-state index in [4.69, 9.17) is 34.8 Å². The highest BCUT2D eigenvalue weighted by atomic mass is 35.5. The largest absolute Gasteiger partial charge is 0.335 e. The third-order valence-corrected chi connectivity index (χ3v) is 7.80. The molecule has 11 heteroatoms. The van der Waals surface area contributed by atoms with E-state index < -0.39 is 10.0 Å². The molecule has 0 unspecified atom stereocenters. The van der Waals surface area contributed by atoms with Crippen molar-refractivity contribution in [3.8, 4) is 0 Å². The molecule has 1 saturated heterocycles. The molecule has 1 aliphatic heterocycles. The standard InChI is InChI=1S/C14H12Cl3N3O3S2/c15-9-1-2-10(16)18-13(9)14(21)19-5-7-20(8-6-19)25(22,23)12-4-3-11(17)24-12/h1-4H,5-8H2. The topological polar surface area (TPSA) is 70.6 Å². The van der Waals surface area contributed by atoms with Gasteiger partial charge in [-0.05, 0) is 24.3 Å². The summed E-state index contributed by atoms with van der Waals surface area (Å²) in [5.41, 5.74) is 0.0653. The quantitative estimate of drug-likeness (QED) is 0.687. The van der Waals surface area contributed by atoms with Gasteiger partial charge in [0.05, 0.1) is 9.36 Å². The van der Waals surface area contributed by atoms with Gasteiger partial charge in [0, 0.05) is 26.2 Å². The second kappa shape index (κ2) is 7.38. The van der Waals surface area contributed by atoms with Crippen molar-refractivity contribution in [3.63, 3.8) is 0 Å². The number of halogens is 3. The van der Waals surface area contributed by atoms with Gasteiger partial charge in [-0.25, -0.2) is 13.4 Å². The summed E-state index contributed by atoms with van der Waals surface area (Å²) in [6, 6.07) is 6.03. The normalized spacial score (nSPS) is 16.2. The van der Waals surface area contributed by atoms with Gasteiger partial charge in [-0.3, -0.25) is 4.79 Å². The summed E-state index contributed by atoms with van der Waals surface area (Å²) >= 11 is 18.6. The van der Waals surface area contributed by atoms with Crippen molar-refractivity contribution in [1.82, 2.24) is 14.2 Å². The van der Waals surface area contributed by atoms with Gasteiger partial charge in [0.15, 0.2) is 0 Å². The number of hydrogen-bond donors (Lipinski definition) is 0. The minimum Gasteiger partial charge on any atom is -0.335 e. The van der Waals surface area contributed by atoms with E-state index in [1.54, 1.807) is 6.07 Å². The number of hydrogen-bond acceptors (Lipinski definition) is 5. The zero-order chi connectivity index (χ0) is 18.2. The van der Waals surface area contributed by atoms with Crippen LogP contribution in [0.15, 0.2) is 28.5 Å². The molecule has 25 heavy (non-hydrogen) atoms. The number of sulfonamides is 1. The molecule has 0 radical (unpaired) electrons. The highest BCUT2D eigenvalue weighted by Gasteiger charge is 2.32. The van der Waals surface area contributed by atoms with Crippen LogP contribution in [-0.4, -0.2) is 54.7 Å².